The van der Waals surface area contributed by atoms with Gasteiger partial charge in [-0.2, -0.15) is 0 Å². The van der Waals surface area contributed by atoms with Crippen LogP contribution in [0.4, 0.5) is 0 Å². The lowest BCUT2D eigenvalue weighted by Crippen LogP contribution is -2.39. The van der Waals surface area contributed by atoms with Gasteiger partial charge in [0.1, 0.15) is 11.5 Å². The molecule has 4 heterocycles. The maximum Gasteiger partial charge on any atom is 0.338 e. The average molecular weight is 583 g/mol. The van der Waals surface area contributed by atoms with Crippen molar-refractivity contribution in [2.45, 2.75) is 19.9 Å². The molecule has 0 N–H and O–H groups in total. The van der Waals surface area contributed by atoms with Crippen molar-refractivity contribution in [3.8, 4) is 22.8 Å². The summed E-state index contributed by atoms with van der Waals surface area (Å²) in [5.74, 6) is 1.56. The van der Waals surface area contributed by atoms with Crippen molar-refractivity contribution in [3.05, 3.63) is 101 Å². The number of thiazole rings is 1. The summed E-state index contributed by atoms with van der Waals surface area (Å²) in [5, 5.41) is 0.793. The predicted molar refractivity (Wildman–Crippen MR) is 147 cm³/mol. The minimum Gasteiger partial charge on any atom is -0.463 e. The number of ether oxygens (including phenoxy) is 3. The maximum absolute atomic E-state index is 13.8. The lowest BCUT2D eigenvalue weighted by atomic mass is 9.95. The molecule has 6 rings (SSSR count). The Morgan fingerprint density at radius 1 is 1.18 bits per heavy atom. The van der Waals surface area contributed by atoms with Gasteiger partial charge >= 0.3 is 5.97 Å². The van der Waals surface area contributed by atoms with Gasteiger partial charge in [0.15, 0.2) is 16.3 Å². The maximum atomic E-state index is 13.8. The Hall–Kier alpha value is -3.79. The number of nitrogens with zero attached hydrogens (tertiary/aromatic N) is 2. The molecule has 2 aromatic carbocycles. The molecule has 0 amide bonds. The third kappa shape index (κ3) is 4.46. The number of fused-ring (bicyclic) bond motifs is 2. The summed E-state index contributed by atoms with van der Waals surface area (Å²) >= 11 is 13.7. The number of carbonyl (C=O) groups excluding carboxylic acids is 1. The molecular weight excluding hydrogens is 563 g/mol. The first-order valence-electron chi connectivity index (χ1n) is 12.0. The zero-order chi connectivity index (χ0) is 27.3. The first-order valence-corrected chi connectivity index (χ1v) is 13.6. The predicted octanol–water partition coefficient (Wildman–Crippen LogP) is 5.09. The summed E-state index contributed by atoms with van der Waals surface area (Å²) in [6.07, 6.45) is 1.64. The first kappa shape index (κ1) is 25.5. The summed E-state index contributed by atoms with van der Waals surface area (Å²) in [6.45, 7) is 3.75. The van der Waals surface area contributed by atoms with Crippen LogP contribution in [-0.4, -0.2) is 23.9 Å². The van der Waals surface area contributed by atoms with Crippen molar-refractivity contribution in [2.75, 3.05) is 13.4 Å². The van der Waals surface area contributed by atoms with Crippen molar-refractivity contribution in [1.29, 1.82) is 0 Å². The molecule has 4 aromatic rings. The van der Waals surface area contributed by atoms with E-state index in [4.69, 9.17) is 41.8 Å². The molecule has 2 aromatic heterocycles. The molecule has 0 bridgehead atoms. The van der Waals surface area contributed by atoms with Gasteiger partial charge in [0, 0.05) is 11.6 Å². The molecule has 0 spiro atoms. The molecule has 2 aliphatic heterocycles. The molecule has 0 aliphatic carbocycles. The smallest absolute Gasteiger partial charge is 0.338 e. The Morgan fingerprint density at radius 3 is 2.82 bits per heavy atom. The van der Waals surface area contributed by atoms with E-state index in [-0.39, 0.29) is 24.5 Å². The molecule has 1 atom stereocenters. The molecule has 2 aliphatic rings. The third-order valence-corrected chi connectivity index (χ3v) is 8.15. The molecule has 198 valence electrons. The van der Waals surface area contributed by atoms with Gasteiger partial charge in [-0.1, -0.05) is 46.7 Å². The highest BCUT2D eigenvalue weighted by atomic mass is 35.5. The van der Waals surface area contributed by atoms with Crippen LogP contribution in [0.15, 0.2) is 74.0 Å². The largest absolute Gasteiger partial charge is 0.463 e. The second-order valence-corrected chi connectivity index (χ2v) is 10.5. The molecule has 0 saturated carbocycles. The number of allylic oxidation sites excluding steroid dienone is 1. The highest BCUT2D eigenvalue weighted by molar-refractivity contribution is 7.07. The number of carbonyl (C=O) groups is 1. The Labute approximate surface area is 236 Å². The number of hydrogen-bond acceptors (Lipinski definition) is 8. The van der Waals surface area contributed by atoms with Crippen molar-refractivity contribution in [1.82, 2.24) is 4.57 Å². The van der Waals surface area contributed by atoms with Gasteiger partial charge < -0.3 is 18.6 Å². The van der Waals surface area contributed by atoms with Gasteiger partial charge in [0.2, 0.25) is 6.79 Å². The first-order chi connectivity index (χ1) is 18.9. The molecule has 8 nitrogen and oxygen atoms in total. The number of halogens is 2. The van der Waals surface area contributed by atoms with Crippen LogP contribution in [0.5, 0.6) is 11.5 Å². The van der Waals surface area contributed by atoms with Crippen LogP contribution in [0, 0.1) is 0 Å². The standard InChI is InChI=1S/C28H20Cl2N2O6S/c1-3-35-27(34)23-14(2)31-28-32(25(23)15-7-9-20-21(11-15)37-13-36-20)26(33)22(39-28)12-16-8-10-19(38-16)17-5-4-6-18(29)24(17)30/h4-12,25H,3,13H2,1-2H3/b22-12-. The van der Waals surface area contributed by atoms with Crippen LogP contribution in [0.3, 0.4) is 0 Å². The van der Waals surface area contributed by atoms with E-state index in [9.17, 15) is 9.59 Å². The fourth-order valence-corrected chi connectivity index (χ4v) is 6.01. The Morgan fingerprint density at radius 2 is 2.00 bits per heavy atom. The topological polar surface area (TPSA) is 92.3 Å². The van der Waals surface area contributed by atoms with E-state index in [2.05, 4.69) is 4.99 Å². The van der Waals surface area contributed by atoms with Crippen molar-refractivity contribution in [2.24, 2.45) is 4.99 Å². The number of aromatic nitrogens is 1. The molecule has 0 radical (unpaired) electrons. The molecule has 39 heavy (non-hydrogen) atoms. The molecule has 0 fully saturated rings. The third-order valence-electron chi connectivity index (χ3n) is 6.35. The second-order valence-electron chi connectivity index (χ2n) is 8.72. The SMILES string of the molecule is CCOC(=O)C1=C(C)N=c2s/c(=C\c3ccc(-c4cccc(Cl)c4Cl)o3)c(=O)n2C1c1ccc2c(c1)OCO2. The molecule has 1 unspecified atom stereocenters. The highest BCUT2D eigenvalue weighted by Gasteiger charge is 2.34. The fourth-order valence-electron chi connectivity index (χ4n) is 4.59. The van der Waals surface area contributed by atoms with E-state index >= 15 is 0 Å². The quantitative estimate of drug-likeness (QED) is 0.304. The Bertz CT molecular complexity index is 1850. The van der Waals surface area contributed by atoms with Crippen molar-refractivity contribution >= 4 is 46.6 Å². The van der Waals surface area contributed by atoms with Gasteiger partial charge in [0.05, 0.1) is 38.5 Å². The average Bonchev–Trinajstić information content (AvgIpc) is 3.64. The highest BCUT2D eigenvalue weighted by Crippen LogP contribution is 2.38. The van der Waals surface area contributed by atoms with Crippen LogP contribution in [-0.2, 0) is 9.53 Å². The van der Waals surface area contributed by atoms with Gasteiger partial charge in [-0.15, -0.1) is 0 Å². The summed E-state index contributed by atoms with van der Waals surface area (Å²) < 4.78 is 24.2. The molecule has 11 heteroatoms. The van der Waals surface area contributed by atoms with Crippen LogP contribution >= 0.6 is 34.5 Å². The van der Waals surface area contributed by atoms with E-state index in [1.54, 1.807) is 68.5 Å². The number of esters is 1. The van der Waals surface area contributed by atoms with Crippen LogP contribution < -0.4 is 24.4 Å². The van der Waals surface area contributed by atoms with Crippen LogP contribution in [0.2, 0.25) is 10.0 Å². The van der Waals surface area contributed by atoms with E-state index < -0.39 is 12.0 Å². The van der Waals surface area contributed by atoms with Crippen molar-refractivity contribution < 1.29 is 23.4 Å². The Kier molecular flexibility index (Phi) is 6.58. The number of rotatable bonds is 5. The van der Waals surface area contributed by atoms with E-state index in [1.807, 2.05) is 0 Å². The van der Waals surface area contributed by atoms with Crippen LogP contribution in [0.1, 0.15) is 31.2 Å². The second kappa shape index (κ2) is 10.1. The monoisotopic (exact) mass is 582 g/mol. The van der Waals surface area contributed by atoms with E-state index in [0.717, 1.165) is 0 Å². The van der Waals surface area contributed by atoms with E-state index in [0.29, 0.717) is 59.2 Å². The summed E-state index contributed by atoms with van der Waals surface area (Å²) in [6, 6.07) is 13.4. The van der Waals surface area contributed by atoms with Crippen molar-refractivity contribution in [3.63, 3.8) is 0 Å². The number of furan rings is 1. The zero-order valence-corrected chi connectivity index (χ0v) is 23.0. The fraction of sp³-hybridized carbons (Fsp3) is 0.179. The summed E-state index contributed by atoms with van der Waals surface area (Å²) in [7, 11) is 0. The normalized spacial score (nSPS) is 16.3. The zero-order valence-electron chi connectivity index (χ0n) is 20.7. The van der Waals surface area contributed by atoms with E-state index in [1.165, 1.54) is 15.9 Å². The van der Waals surface area contributed by atoms with Gasteiger partial charge in [-0.25, -0.2) is 9.79 Å². The number of benzene rings is 2. The van der Waals surface area contributed by atoms with Gasteiger partial charge in [-0.3, -0.25) is 9.36 Å². The lowest BCUT2D eigenvalue weighted by Gasteiger charge is -2.24. The molecular formula is C28H20Cl2N2O6S. The summed E-state index contributed by atoms with van der Waals surface area (Å²) in [4.78, 5) is 31.9. The minimum absolute atomic E-state index is 0.104. The minimum atomic E-state index is -0.769. The number of hydrogen-bond donors (Lipinski definition) is 0. The molecule has 0 saturated heterocycles. The van der Waals surface area contributed by atoms with Gasteiger partial charge in [0.25, 0.3) is 5.56 Å². The van der Waals surface area contributed by atoms with Gasteiger partial charge in [-0.05, 0) is 55.8 Å². The lowest BCUT2D eigenvalue weighted by molar-refractivity contribution is -0.139. The Balaban J connectivity index is 1.48. The van der Waals surface area contributed by atoms with Crippen LogP contribution in [0.25, 0.3) is 17.4 Å². The summed E-state index contributed by atoms with van der Waals surface area (Å²) in [5.41, 5.74) is 1.74.